The maximum atomic E-state index is 12.8. The summed E-state index contributed by atoms with van der Waals surface area (Å²) < 4.78 is 10.6. The normalized spacial score (nSPS) is 11.8. The van der Waals surface area contributed by atoms with Crippen LogP contribution < -0.4 is 4.74 Å². The van der Waals surface area contributed by atoms with Crippen molar-refractivity contribution in [2.24, 2.45) is 0 Å². The van der Waals surface area contributed by atoms with Gasteiger partial charge in [-0.1, -0.05) is 19.1 Å². The number of nitrogens with zero attached hydrogens (tertiary/aromatic N) is 1. The van der Waals surface area contributed by atoms with Gasteiger partial charge in [-0.2, -0.15) is 0 Å². The van der Waals surface area contributed by atoms with Crippen LogP contribution in [0.3, 0.4) is 0 Å². The van der Waals surface area contributed by atoms with Crippen molar-refractivity contribution < 1.29 is 23.8 Å². The lowest BCUT2D eigenvalue weighted by Crippen LogP contribution is -2.31. The molecule has 0 spiro atoms. The van der Waals surface area contributed by atoms with E-state index in [1.807, 2.05) is 31.2 Å². The van der Waals surface area contributed by atoms with E-state index in [0.29, 0.717) is 17.9 Å². The van der Waals surface area contributed by atoms with Gasteiger partial charge in [-0.15, -0.1) is 0 Å². The summed E-state index contributed by atoms with van der Waals surface area (Å²) >= 11 is 0. The van der Waals surface area contributed by atoms with Gasteiger partial charge >= 0.3 is 5.97 Å². The molecule has 2 rings (SSSR count). The minimum atomic E-state index is -1.04. The number of benzene rings is 1. The van der Waals surface area contributed by atoms with E-state index in [1.54, 1.807) is 26.0 Å². The van der Waals surface area contributed by atoms with Gasteiger partial charge in [-0.05, 0) is 37.1 Å². The lowest BCUT2D eigenvalue weighted by molar-refractivity contribution is -0.132. The number of amides is 1. The largest absolute Gasteiger partial charge is 0.497 e. The highest BCUT2D eigenvalue weighted by Gasteiger charge is 2.24. The van der Waals surface area contributed by atoms with Crippen molar-refractivity contribution in [3.63, 3.8) is 0 Å². The van der Waals surface area contributed by atoms with Gasteiger partial charge in [0, 0.05) is 7.05 Å². The van der Waals surface area contributed by atoms with Gasteiger partial charge in [-0.25, -0.2) is 4.79 Å². The molecule has 1 N–H and O–H groups in total. The minimum Gasteiger partial charge on any atom is -0.497 e. The van der Waals surface area contributed by atoms with Crippen LogP contribution in [-0.2, 0) is 11.3 Å². The van der Waals surface area contributed by atoms with Crippen molar-refractivity contribution in [1.29, 1.82) is 0 Å². The number of rotatable bonds is 7. The molecule has 1 aromatic carbocycles. The average molecular weight is 345 g/mol. The molecule has 1 heterocycles. The van der Waals surface area contributed by atoms with Crippen LogP contribution in [0.5, 0.6) is 5.75 Å². The third kappa shape index (κ3) is 4.21. The predicted octanol–water partition coefficient (Wildman–Crippen LogP) is 3.45. The van der Waals surface area contributed by atoms with Crippen molar-refractivity contribution in [3.8, 4) is 5.75 Å². The molecule has 6 nitrogen and oxygen atoms in total. The summed E-state index contributed by atoms with van der Waals surface area (Å²) in [6.45, 7) is 3.78. The highest BCUT2D eigenvalue weighted by atomic mass is 16.5. The molecule has 1 amide bonds. The summed E-state index contributed by atoms with van der Waals surface area (Å²) in [5.41, 5.74) is 1.04. The maximum absolute atomic E-state index is 12.8. The lowest BCUT2D eigenvalue weighted by atomic mass is 9.95. The van der Waals surface area contributed by atoms with Crippen molar-refractivity contribution >= 4 is 11.9 Å². The Balaban J connectivity index is 2.13. The van der Waals surface area contributed by atoms with Gasteiger partial charge in [0.05, 0.1) is 19.6 Å². The first-order valence-electron chi connectivity index (χ1n) is 8.08. The fourth-order valence-electron chi connectivity index (χ4n) is 2.80. The number of likely N-dealkylation sites (N-methyl/N-ethyl adjacent to an activating group) is 1. The molecule has 0 saturated heterocycles. The Kier molecular flexibility index (Phi) is 5.85. The predicted molar refractivity (Wildman–Crippen MR) is 92.9 cm³/mol. The van der Waals surface area contributed by atoms with Crippen molar-refractivity contribution in [3.05, 3.63) is 53.0 Å². The minimum absolute atomic E-state index is 0.0430. The maximum Gasteiger partial charge on any atom is 0.339 e. The Morgan fingerprint density at radius 3 is 2.40 bits per heavy atom. The Bertz CT molecular complexity index is 748. The molecule has 0 fully saturated rings. The first-order chi connectivity index (χ1) is 11.9. The zero-order chi connectivity index (χ0) is 18.6. The van der Waals surface area contributed by atoms with E-state index < -0.39 is 5.97 Å². The molecule has 1 aromatic heterocycles. The molecule has 134 valence electrons. The molecule has 1 unspecified atom stereocenters. The van der Waals surface area contributed by atoms with Gasteiger partial charge in [0.2, 0.25) is 5.91 Å². The second-order valence-corrected chi connectivity index (χ2v) is 5.92. The van der Waals surface area contributed by atoms with Crippen LogP contribution >= 0.6 is 0 Å². The van der Waals surface area contributed by atoms with Gasteiger partial charge in [0.15, 0.2) is 0 Å². The Labute approximate surface area is 147 Å². The molecule has 0 aliphatic heterocycles. The first kappa shape index (κ1) is 18.6. The van der Waals surface area contributed by atoms with Crippen LogP contribution in [0.2, 0.25) is 0 Å². The first-order valence-corrected chi connectivity index (χ1v) is 8.08. The van der Waals surface area contributed by atoms with E-state index in [9.17, 15) is 9.59 Å². The second-order valence-electron chi connectivity index (χ2n) is 5.92. The van der Waals surface area contributed by atoms with Crippen molar-refractivity contribution in [2.75, 3.05) is 14.2 Å². The Morgan fingerprint density at radius 2 is 1.92 bits per heavy atom. The summed E-state index contributed by atoms with van der Waals surface area (Å²) in [6.07, 6.45) is 0.660. The van der Waals surface area contributed by atoms with Crippen LogP contribution in [-0.4, -0.2) is 36.0 Å². The number of carbonyl (C=O) groups excluding carboxylic acids is 1. The number of carbonyl (C=O) groups is 2. The monoisotopic (exact) mass is 345 g/mol. The van der Waals surface area contributed by atoms with Crippen molar-refractivity contribution in [2.45, 2.75) is 32.7 Å². The fraction of sp³-hybridized carbons (Fsp3) is 0.368. The molecular weight excluding hydrogens is 322 g/mol. The standard InChI is InChI=1S/C19H23NO5/c1-5-16(13-6-8-14(24-4)9-7-13)18(21)20(3)11-15-10-17(19(22)23)12(2)25-15/h6-10,16H,5,11H2,1-4H3,(H,22,23). The topological polar surface area (TPSA) is 80.0 Å². The molecule has 6 heteroatoms. The summed E-state index contributed by atoms with van der Waals surface area (Å²) in [5.74, 6) is 0.184. The second kappa shape index (κ2) is 7.88. The summed E-state index contributed by atoms with van der Waals surface area (Å²) in [4.78, 5) is 25.4. The van der Waals surface area contributed by atoms with E-state index in [1.165, 1.54) is 6.07 Å². The number of furan rings is 1. The molecule has 1 atom stereocenters. The molecule has 0 bridgehead atoms. The van der Waals surface area contributed by atoms with E-state index >= 15 is 0 Å². The van der Waals surface area contributed by atoms with Crippen molar-refractivity contribution in [1.82, 2.24) is 4.90 Å². The molecule has 0 aliphatic rings. The summed E-state index contributed by atoms with van der Waals surface area (Å²) in [7, 11) is 3.29. The average Bonchev–Trinajstić information content (AvgIpc) is 2.96. The number of carboxylic acids is 1. The number of aryl methyl sites for hydroxylation is 1. The number of hydrogen-bond acceptors (Lipinski definition) is 4. The summed E-state index contributed by atoms with van der Waals surface area (Å²) in [5, 5.41) is 9.09. The van der Waals surface area contributed by atoms with E-state index in [0.717, 1.165) is 11.3 Å². The smallest absolute Gasteiger partial charge is 0.339 e. The molecular formula is C19H23NO5. The van der Waals surface area contributed by atoms with Gasteiger partial charge in [0.1, 0.15) is 22.8 Å². The van der Waals surface area contributed by atoms with E-state index in [4.69, 9.17) is 14.3 Å². The van der Waals surface area contributed by atoms with Crippen LogP contribution in [0.15, 0.2) is 34.7 Å². The number of hydrogen-bond donors (Lipinski definition) is 1. The number of ether oxygens (including phenoxy) is 1. The van der Waals surface area contributed by atoms with Crippen LogP contribution in [0.25, 0.3) is 0 Å². The van der Waals surface area contributed by atoms with Crippen LogP contribution in [0.1, 0.15) is 46.7 Å². The molecule has 2 aromatic rings. The molecule has 0 aliphatic carbocycles. The summed E-state index contributed by atoms with van der Waals surface area (Å²) in [6, 6.07) is 8.91. The van der Waals surface area contributed by atoms with Gasteiger partial charge in [0.25, 0.3) is 0 Å². The zero-order valence-corrected chi connectivity index (χ0v) is 14.9. The molecule has 0 radical (unpaired) electrons. The number of carboxylic acid groups (broad SMARTS) is 1. The number of aromatic carboxylic acids is 1. The SMILES string of the molecule is CCC(C(=O)N(C)Cc1cc(C(=O)O)c(C)o1)c1ccc(OC)cc1. The Morgan fingerprint density at radius 1 is 1.28 bits per heavy atom. The van der Waals surface area contributed by atoms with Gasteiger partial charge in [-0.3, -0.25) is 4.79 Å². The Hall–Kier alpha value is -2.76. The number of methoxy groups -OCH3 is 1. The van der Waals surface area contributed by atoms with E-state index in [-0.39, 0.29) is 23.9 Å². The van der Waals surface area contributed by atoms with Crippen LogP contribution in [0, 0.1) is 6.92 Å². The third-order valence-corrected chi connectivity index (χ3v) is 4.19. The lowest BCUT2D eigenvalue weighted by Gasteiger charge is -2.22. The molecule has 0 saturated carbocycles. The van der Waals surface area contributed by atoms with E-state index in [2.05, 4.69) is 0 Å². The fourth-order valence-corrected chi connectivity index (χ4v) is 2.80. The zero-order valence-electron chi connectivity index (χ0n) is 14.9. The third-order valence-electron chi connectivity index (χ3n) is 4.19. The van der Waals surface area contributed by atoms with Gasteiger partial charge < -0.3 is 19.2 Å². The highest BCUT2D eigenvalue weighted by Crippen LogP contribution is 2.25. The quantitative estimate of drug-likeness (QED) is 0.831. The van der Waals surface area contributed by atoms with Crippen LogP contribution in [0.4, 0.5) is 0 Å². The molecule has 25 heavy (non-hydrogen) atoms. The highest BCUT2D eigenvalue weighted by molar-refractivity contribution is 5.89.